The van der Waals surface area contributed by atoms with Gasteiger partial charge >= 0.3 is 0 Å². The van der Waals surface area contributed by atoms with Crippen LogP contribution in [-0.2, 0) is 0 Å². The van der Waals surface area contributed by atoms with Crippen LogP contribution < -0.4 is 10.6 Å². The number of rotatable bonds is 2. The second kappa shape index (κ2) is 4.89. The third kappa shape index (κ3) is 2.10. The Morgan fingerprint density at radius 1 is 0.750 bits per heavy atom. The molecule has 3 aromatic rings. The van der Waals surface area contributed by atoms with Crippen LogP contribution in [-0.4, -0.2) is 14.1 Å². The molecule has 3 aromatic carbocycles. The van der Waals surface area contributed by atoms with Crippen molar-refractivity contribution in [3.63, 3.8) is 0 Å². The molecule has 0 aliphatic heterocycles. The zero-order chi connectivity index (χ0) is 14.1. The lowest BCUT2D eigenvalue weighted by atomic mass is 9.97. The summed E-state index contributed by atoms with van der Waals surface area (Å²) in [5, 5.41) is 2.31. The molecule has 0 saturated carbocycles. The molecule has 3 rings (SSSR count). The van der Waals surface area contributed by atoms with E-state index in [1.807, 2.05) is 26.2 Å². The quantitative estimate of drug-likeness (QED) is 0.703. The third-order valence-corrected chi connectivity index (χ3v) is 3.65. The zero-order valence-corrected chi connectivity index (χ0v) is 11.8. The molecule has 0 amide bonds. The van der Waals surface area contributed by atoms with Crippen molar-refractivity contribution < 1.29 is 0 Å². The highest BCUT2D eigenvalue weighted by Crippen LogP contribution is 2.32. The Balaban J connectivity index is 2.17. The molecule has 0 saturated heterocycles. The minimum Gasteiger partial charge on any atom is -0.398 e. The van der Waals surface area contributed by atoms with Crippen LogP contribution in [0.5, 0.6) is 0 Å². The van der Waals surface area contributed by atoms with E-state index in [1.165, 1.54) is 22.2 Å². The number of hydrogen-bond acceptors (Lipinski definition) is 2. The van der Waals surface area contributed by atoms with E-state index in [2.05, 4.69) is 53.4 Å². The van der Waals surface area contributed by atoms with Crippen LogP contribution in [0.2, 0.25) is 0 Å². The van der Waals surface area contributed by atoms with Gasteiger partial charge in [-0.25, -0.2) is 0 Å². The van der Waals surface area contributed by atoms with Gasteiger partial charge in [-0.2, -0.15) is 0 Å². The number of benzene rings is 3. The van der Waals surface area contributed by atoms with Gasteiger partial charge < -0.3 is 10.6 Å². The molecule has 0 aliphatic carbocycles. The number of nitrogens with zero attached hydrogens (tertiary/aromatic N) is 1. The molecule has 0 atom stereocenters. The summed E-state index contributed by atoms with van der Waals surface area (Å²) in [5.41, 5.74) is 10.5. The Labute approximate surface area is 119 Å². The SMILES string of the molecule is CN(C)c1ccc(-c2ccc(N)c3ccccc23)cc1. The molecule has 20 heavy (non-hydrogen) atoms. The van der Waals surface area contributed by atoms with E-state index in [1.54, 1.807) is 0 Å². The fraction of sp³-hybridized carbons (Fsp3) is 0.111. The van der Waals surface area contributed by atoms with Gasteiger partial charge in [0.25, 0.3) is 0 Å². The fourth-order valence-electron chi connectivity index (χ4n) is 2.51. The van der Waals surface area contributed by atoms with Gasteiger partial charge in [-0.3, -0.25) is 0 Å². The Hall–Kier alpha value is -2.48. The van der Waals surface area contributed by atoms with Crippen molar-refractivity contribution in [2.24, 2.45) is 0 Å². The number of hydrogen-bond donors (Lipinski definition) is 1. The van der Waals surface area contributed by atoms with Gasteiger partial charge in [0.2, 0.25) is 0 Å². The minimum absolute atomic E-state index is 0.828. The first-order valence-corrected chi connectivity index (χ1v) is 6.72. The second-order valence-corrected chi connectivity index (χ2v) is 5.19. The van der Waals surface area contributed by atoms with Crippen molar-refractivity contribution >= 4 is 22.1 Å². The van der Waals surface area contributed by atoms with E-state index in [9.17, 15) is 0 Å². The average Bonchev–Trinajstić information content (AvgIpc) is 2.48. The van der Waals surface area contributed by atoms with E-state index < -0.39 is 0 Å². The molecule has 0 aliphatic rings. The summed E-state index contributed by atoms with van der Waals surface area (Å²) in [6.45, 7) is 0. The van der Waals surface area contributed by atoms with Gasteiger partial charge in [-0.15, -0.1) is 0 Å². The first kappa shape index (κ1) is 12.5. The molecule has 100 valence electrons. The summed E-state index contributed by atoms with van der Waals surface area (Å²) in [6, 6.07) is 21.0. The summed E-state index contributed by atoms with van der Waals surface area (Å²) in [4.78, 5) is 2.10. The van der Waals surface area contributed by atoms with Gasteiger partial charge in [0.15, 0.2) is 0 Å². The maximum atomic E-state index is 6.06. The van der Waals surface area contributed by atoms with E-state index in [-0.39, 0.29) is 0 Å². The fourth-order valence-corrected chi connectivity index (χ4v) is 2.51. The molecule has 0 bridgehead atoms. The van der Waals surface area contributed by atoms with Crippen LogP contribution in [0.3, 0.4) is 0 Å². The summed E-state index contributed by atoms with van der Waals surface area (Å²) >= 11 is 0. The molecule has 0 aromatic heterocycles. The normalized spacial score (nSPS) is 10.7. The maximum Gasteiger partial charge on any atom is 0.0394 e. The molecule has 0 unspecified atom stereocenters. The Bertz CT molecular complexity index is 743. The van der Waals surface area contributed by atoms with E-state index in [0.717, 1.165) is 11.1 Å². The highest BCUT2D eigenvalue weighted by molar-refractivity contribution is 6.02. The molecular formula is C18H18N2. The summed E-state index contributed by atoms with van der Waals surface area (Å²) < 4.78 is 0. The van der Waals surface area contributed by atoms with Crippen molar-refractivity contribution in [2.75, 3.05) is 24.7 Å². The van der Waals surface area contributed by atoms with Crippen molar-refractivity contribution in [3.8, 4) is 11.1 Å². The summed E-state index contributed by atoms with van der Waals surface area (Å²) in [5.74, 6) is 0. The first-order chi connectivity index (χ1) is 9.66. The molecule has 0 heterocycles. The van der Waals surface area contributed by atoms with E-state index in [0.29, 0.717) is 0 Å². The van der Waals surface area contributed by atoms with Crippen LogP contribution in [0.15, 0.2) is 60.7 Å². The van der Waals surface area contributed by atoms with Gasteiger partial charge in [0, 0.05) is 30.9 Å². The highest BCUT2D eigenvalue weighted by Gasteiger charge is 2.06. The molecule has 2 N–H and O–H groups in total. The van der Waals surface area contributed by atoms with Crippen molar-refractivity contribution in [2.45, 2.75) is 0 Å². The zero-order valence-electron chi connectivity index (χ0n) is 11.8. The molecule has 2 heteroatoms. The average molecular weight is 262 g/mol. The predicted molar refractivity (Wildman–Crippen MR) is 88.1 cm³/mol. The van der Waals surface area contributed by atoms with Gasteiger partial charge in [-0.05, 0) is 34.7 Å². The molecule has 0 fully saturated rings. The summed E-state index contributed by atoms with van der Waals surface area (Å²) in [7, 11) is 4.10. The minimum atomic E-state index is 0.828. The van der Waals surface area contributed by atoms with Crippen molar-refractivity contribution in [3.05, 3.63) is 60.7 Å². The number of fused-ring (bicyclic) bond motifs is 1. The smallest absolute Gasteiger partial charge is 0.0394 e. The predicted octanol–water partition coefficient (Wildman–Crippen LogP) is 4.16. The Morgan fingerprint density at radius 2 is 1.40 bits per heavy atom. The topological polar surface area (TPSA) is 29.3 Å². The lowest BCUT2D eigenvalue weighted by molar-refractivity contribution is 1.13. The van der Waals surface area contributed by atoms with Gasteiger partial charge in [0.05, 0.1) is 0 Å². The van der Waals surface area contributed by atoms with Crippen molar-refractivity contribution in [1.82, 2.24) is 0 Å². The van der Waals surface area contributed by atoms with E-state index in [4.69, 9.17) is 5.73 Å². The van der Waals surface area contributed by atoms with Crippen LogP contribution in [0.25, 0.3) is 21.9 Å². The molecular weight excluding hydrogens is 244 g/mol. The first-order valence-electron chi connectivity index (χ1n) is 6.72. The maximum absolute atomic E-state index is 6.06. The molecule has 2 nitrogen and oxygen atoms in total. The monoisotopic (exact) mass is 262 g/mol. The van der Waals surface area contributed by atoms with Gasteiger partial charge in [0.1, 0.15) is 0 Å². The van der Waals surface area contributed by atoms with Crippen LogP contribution in [0.1, 0.15) is 0 Å². The molecule has 0 radical (unpaired) electrons. The lowest BCUT2D eigenvalue weighted by Gasteiger charge is -2.14. The highest BCUT2D eigenvalue weighted by atomic mass is 15.1. The molecule has 0 spiro atoms. The third-order valence-electron chi connectivity index (χ3n) is 3.65. The number of anilines is 2. The number of nitrogen functional groups attached to an aromatic ring is 1. The number of nitrogens with two attached hydrogens (primary N) is 1. The van der Waals surface area contributed by atoms with Crippen LogP contribution >= 0.6 is 0 Å². The largest absolute Gasteiger partial charge is 0.398 e. The van der Waals surface area contributed by atoms with E-state index >= 15 is 0 Å². The lowest BCUT2D eigenvalue weighted by Crippen LogP contribution is -2.07. The Morgan fingerprint density at radius 3 is 2.05 bits per heavy atom. The van der Waals surface area contributed by atoms with Crippen molar-refractivity contribution in [1.29, 1.82) is 0 Å². The van der Waals surface area contributed by atoms with Crippen LogP contribution in [0.4, 0.5) is 11.4 Å². The van der Waals surface area contributed by atoms with Crippen LogP contribution in [0, 0.1) is 0 Å². The standard InChI is InChI=1S/C18H18N2/c1-20(2)14-9-7-13(8-10-14)15-11-12-18(19)17-6-4-3-5-16(15)17/h3-12H,19H2,1-2H3. The second-order valence-electron chi connectivity index (χ2n) is 5.19. The van der Waals surface area contributed by atoms with Gasteiger partial charge in [-0.1, -0.05) is 42.5 Å². The summed E-state index contributed by atoms with van der Waals surface area (Å²) in [6.07, 6.45) is 0. The Kier molecular flexibility index (Phi) is 3.07.